The first kappa shape index (κ1) is 23.1. The van der Waals surface area contributed by atoms with Crippen LogP contribution in [0.15, 0.2) is 47.4 Å². The number of ether oxygens (including phenoxy) is 1. The van der Waals surface area contributed by atoms with Crippen LogP contribution < -0.4 is 10.1 Å². The molecule has 4 rings (SSSR count). The maximum atomic E-state index is 14.0. The number of nitrogens with one attached hydrogen (secondary N) is 1. The van der Waals surface area contributed by atoms with Gasteiger partial charge in [0.2, 0.25) is 0 Å². The van der Waals surface area contributed by atoms with Crippen molar-refractivity contribution in [2.24, 2.45) is 5.92 Å². The highest BCUT2D eigenvalue weighted by atomic mass is 35.5. The van der Waals surface area contributed by atoms with Gasteiger partial charge < -0.3 is 10.1 Å². The summed E-state index contributed by atoms with van der Waals surface area (Å²) >= 11 is 0. The summed E-state index contributed by atoms with van der Waals surface area (Å²) < 4.78 is 33.5. The zero-order valence-corrected chi connectivity index (χ0v) is 19.3. The van der Waals surface area contributed by atoms with Crippen molar-refractivity contribution >= 4 is 22.2 Å². The van der Waals surface area contributed by atoms with Crippen LogP contribution in [0, 0.1) is 12.8 Å². The number of fused-ring (bicyclic) bond motifs is 1. The summed E-state index contributed by atoms with van der Waals surface area (Å²) in [6, 6.07) is 13.8. The van der Waals surface area contributed by atoms with Gasteiger partial charge in [-0.3, -0.25) is 4.90 Å². The molecular formula is C23H31ClN2O3S. The van der Waals surface area contributed by atoms with Crippen molar-refractivity contribution in [2.75, 3.05) is 26.7 Å². The van der Waals surface area contributed by atoms with E-state index in [0.29, 0.717) is 17.2 Å². The molecule has 0 aliphatic carbocycles. The molecule has 1 N–H and O–H groups in total. The zero-order chi connectivity index (χ0) is 20.4. The molecule has 0 bridgehead atoms. The molecule has 2 aromatic carbocycles. The standard InChI is InChI=1S/C23H30N2O3S.ClH/c1-17-7-8-22(21(15-17)28-2)29(26,27)23(19-9-12-24-13-10-19)25-14-11-18-5-3-4-6-20(18)16-25;/h3-8,15,19,23-24H,9-14,16H2,1-2H3;1H. The number of halogens is 1. The quantitative estimate of drug-likeness (QED) is 0.754. The molecule has 2 aliphatic heterocycles. The second kappa shape index (κ2) is 9.69. The van der Waals surface area contributed by atoms with Gasteiger partial charge in [0.1, 0.15) is 16.0 Å². The van der Waals surface area contributed by atoms with Gasteiger partial charge in [0.25, 0.3) is 0 Å². The molecule has 0 aromatic heterocycles. The number of piperidine rings is 1. The fraction of sp³-hybridized carbons (Fsp3) is 0.478. The Hall–Kier alpha value is -1.60. The van der Waals surface area contributed by atoms with Gasteiger partial charge in [0.05, 0.1) is 7.11 Å². The second-order valence-corrected chi connectivity index (χ2v) is 10.2. The Labute approximate surface area is 186 Å². The third-order valence-electron chi connectivity index (χ3n) is 6.25. The molecule has 30 heavy (non-hydrogen) atoms. The highest BCUT2D eigenvalue weighted by Gasteiger charge is 2.41. The predicted molar refractivity (Wildman–Crippen MR) is 122 cm³/mol. The van der Waals surface area contributed by atoms with E-state index in [1.54, 1.807) is 13.2 Å². The van der Waals surface area contributed by atoms with E-state index in [9.17, 15) is 8.42 Å². The van der Waals surface area contributed by atoms with E-state index < -0.39 is 15.2 Å². The molecule has 2 heterocycles. The van der Waals surface area contributed by atoms with Crippen LogP contribution in [-0.2, 0) is 22.8 Å². The molecule has 0 amide bonds. The van der Waals surface area contributed by atoms with Crippen LogP contribution in [-0.4, -0.2) is 45.4 Å². The Kier molecular flexibility index (Phi) is 7.45. The summed E-state index contributed by atoms with van der Waals surface area (Å²) in [5.74, 6) is 0.555. The summed E-state index contributed by atoms with van der Waals surface area (Å²) in [6.45, 7) is 5.13. The van der Waals surface area contributed by atoms with Crippen LogP contribution in [0.4, 0.5) is 0 Å². The van der Waals surface area contributed by atoms with Gasteiger partial charge in [-0.25, -0.2) is 8.42 Å². The highest BCUT2D eigenvalue weighted by molar-refractivity contribution is 7.92. The lowest BCUT2D eigenvalue weighted by Gasteiger charge is -2.40. The molecule has 0 saturated carbocycles. The van der Waals surface area contributed by atoms with E-state index in [2.05, 4.69) is 28.4 Å². The molecule has 1 atom stereocenters. The maximum absolute atomic E-state index is 14.0. The van der Waals surface area contributed by atoms with Gasteiger partial charge >= 0.3 is 0 Å². The molecule has 2 aliphatic rings. The summed E-state index contributed by atoms with van der Waals surface area (Å²) in [5.41, 5.74) is 3.56. The van der Waals surface area contributed by atoms with Crippen molar-refractivity contribution in [3.8, 4) is 5.75 Å². The average molecular weight is 451 g/mol. The first-order valence-electron chi connectivity index (χ1n) is 10.4. The fourth-order valence-electron chi connectivity index (χ4n) is 4.75. The first-order chi connectivity index (χ1) is 14.0. The molecule has 1 saturated heterocycles. The minimum absolute atomic E-state index is 0. The number of aryl methyl sites for hydroxylation is 1. The van der Waals surface area contributed by atoms with Gasteiger partial charge in [-0.15, -0.1) is 12.4 Å². The Bertz CT molecular complexity index is 974. The molecule has 164 valence electrons. The Morgan fingerprint density at radius 2 is 1.80 bits per heavy atom. The SMILES string of the molecule is COc1cc(C)ccc1S(=O)(=O)C(C1CCNCC1)N1CCc2ccccc2C1.Cl. The van der Waals surface area contributed by atoms with E-state index in [-0.39, 0.29) is 18.3 Å². The molecule has 1 unspecified atom stereocenters. The largest absolute Gasteiger partial charge is 0.495 e. The van der Waals surface area contributed by atoms with Crippen LogP contribution in [0.2, 0.25) is 0 Å². The minimum Gasteiger partial charge on any atom is -0.495 e. The molecule has 0 radical (unpaired) electrons. The molecule has 7 heteroatoms. The average Bonchev–Trinajstić information content (AvgIpc) is 2.74. The Morgan fingerprint density at radius 1 is 1.10 bits per heavy atom. The number of benzene rings is 2. The van der Waals surface area contributed by atoms with Crippen molar-refractivity contribution in [1.82, 2.24) is 10.2 Å². The van der Waals surface area contributed by atoms with Crippen molar-refractivity contribution < 1.29 is 13.2 Å². The van der Waals surface area contributed by atoms with Gasteiger partial charge in [-0.1, -0.05) is 30.3 Å². The van der Waals surface area contributed by atoms with Gasteiger partial charge in [-0.2, -0.15) is 0 Å². The number of hydrogen-bond acceptors (Lipinski definition) is 5. The molecular weight excluding hydrogens is 420 g/mol. The summed E-state index contributed by atoms with van der Waals surface area (Å²) in [5, 5.41) is 2.84. The normalized spacial score (nSPS) is 18.9. The van der Waals surface area contributed by atoms with Crippen LogP contribution in [0.1, 0.15) is 29.5 Å². The smallest absolute Gasteiger partial charge is 0.198 e. The first-order valence-corrected chi connectivity index (χ1v) is 12.0. The molecule has 0 spiro atoms. The van der Waals surface area contributed by atoms with E-state index in [1.807, 2.05) is 25.1 Å². The molecule has 1 fully saturated rings. The van der Waals surface area contributed by atoms with Crippen LogP contribution in [0.5, 0.6) is 5.75 Å². The topological polar surface area (TPSA) is 58.6 Å². The van der Waals surface area contributed by atoms with Gasteiger partial charge in [-0.05, 0) is 74.0 Å². The summed E-state index contributed by atoms with van der Waals surface area (Å²) in [4.78, 5) is 2.50. The number of rotatable bonds is 5. The lowest BCUT2D eigenvalue weighted by molar-refractivity contribution is 0.159. The predicted octanol–water partition coefficient (Wildman–Crippen LogP) is 3.58. The van der Waals surface area contributed by atoms with E-state index in [4.69, 9.17) is 4.74 Å². The molecule has 2 aromatic rings. The van der Waals surface area contributed by atoms with Gasteiger partial charge in [0.15, 0.2) is 9.84 Å². The Balaban J connectivity index is 0.00000256. The van der Waals surface area contributed by atoms with Crippen molar-refractivity contribution in [3.05, 3.63) is 59.2 Å². The summed E-state index contributed by atoms with van der Waals surface area (Å²) in [7, 11) is -2.04. The van der Waals surface area contributed by atoms with E-state index in [1.165, 1.54) is 11.1 Å². The van der Waals surface area contributed by atoms with E-state index in [0.717, 1.165) is 44.5 Å². The number of hydrogen-bond donors (Lipinski definition) is 1. The third kappa shape index (κ3) is 4.52. The number of methoxy groups -OCH3 is 1. The maximum Gasteiger partial charge on any atom is 0.198 e. The Morgan fingerprint density at radius 3 is 2.50 bits per heavy atom. The van der Waals surface area contributed by atoms with E-state index >= 15 is 0 Å². The van der Waals surface area contributed by atoms with Crippen molar-refractivity contribution in [2.45, 2.75) is 43.0 Å². The van der Waals surface area contributed by atoms with Crippen molar-refractivity contribution in [3.63, 3.8) is 0 Å². The van der Waals surface area contributed by atoms with Crippen LogP contribution >= 0.6 is 12.4 Å². The minimum atomic E-state index is -3.59. The molecule has 5 nitrogen and oxygen atoms in total. The zero-order valence-electron chi connectivity index (χ0n) is 17.6. The monoisotopic (exact) mass is 450 g/mol. The third-order valence-corrected chi connectivity index (χ3v) is 8.52. The van der Waals surface area contributed by atoms with Crippen LogP contribution in [0.3, 0.4) is 0 Å². The van der Waals surface area contributed by atoms with Crippen LogP contribution in [0.25, 0.3) is 0 Å². The lowest BCUT2D eigenvalue weighted by Crippen LogP contribution is -2.50. The second-order valence-electron chi connectivity index (χ2n) is 8.17. The summed E-state index contributed by atoms with van der Waals surface area (Å²) in [6.07, 6.45) is 2.63. The van der Waals surface area contributed by atoms with Gasteiger partial charge in [0, 0.05) is 13.1 Å². The number of nitrogens with zero attached hydrogens (tertiary/aromatic N) is 1. The van der Waals surface area contributed by atoms with Crippen molar-refractivity contribution in [1.29, 1.82) is 0 Å². The number of sulfone groups is 1. The lowest BCUT2D eigenvalue weighted by atomic mass is 9.94. The fourth-order valence-corrected chi connectivity index (χ4v) is 7.04. The highest BCUT2D eigenvalue weighted by Crippen LogP contribution is 2.36.